The fraction of sp³-hybridized carbons (Fsp3) is 0.200. The van der Waals surface area contributed by atoms with E-state index in [-0.39, 0.29) is 0 Å². The first-order chi connectivity index (χ1) is 5.06. The highest BCUT2D eigenvalue weighted by molar-refractivity contribution is 8.11. The molecule has 0 fully saturated rings. The first kappa shape index (κ1) is 11.2. The summed E-state index contributed by atoms with van der Waals surface area (Å²) in [6.45, 7) is 1.84. The van der Waals surface area contributed by atoms with Gasteiger partial charge in [0.1, 0.15) is 14.5 Å². The molecule has 0 bridgehead atoms. The Morgan fingerprint density at radius 1 is 1.18 bits per heavy atom. The highest BCUT2D eigenvalue weighted by Crippen LogP contribution is 1.89. The van der Waals surface area contributed by atoms with E-state index in [2.05, 4.69) is 35.9 Å². The molecule has 0 spiro atoms. The number of rotatable bonds is 2. The fourth-order valence-corrected chi connectivity index (χ4v) is 0.867. The predicted molar refractivity (Wildman–Crippen MR) is 63.2 cm³/mol. The van der Waals surface area contributed by atoms with Crippen LogP contribution in [0.25, 0.3) is 0 Å². The number of allylic oxidation sites excluding steroid dienone is 1. The lowest BCUT2D eigenvalue weighted by atomic mass is 10.6. The second kappa shape index (κ2) is 5.82. The van der Waals surface area contributed by atoms with Crippen LogP contribution < -0.4 is 10.6 Å². The summed E-state index contributed by atoms with van der Waals surface area (Å²) in [5, 5.41) is 5.54. The molecule has 0 saturated heterocycles. The zero-order valence-corrected chi connectivity index (χ0v) is 9.21. The van der Waals surface area contributed by atoms with Crippen LogP contribution in [0.3, 0.4) is 0 Å². The van der Waals surface area contributed by atoms with Crippen LogP contribution >= 0.6 is 49.7 Å². The molecule has 0 heterocycles. The Hall–Kier alpha value is 0.220. The van der Waals surface area contributed by atoms with Crippen molar-refractivity contribution in [2.24, 2.45) is 0 Å². The van der Waals surface area contributed by atoms with Crippen molar-refractivity contribution in [3.63, 3.8) is 0 Å². The van der Waals surface area contributed by atoms with E-state index in [0.717, 1.165) is 0 Å². The zero-order chi connectivity index (χ0) is 8.85. The Bertz CT molecular complexity index is 181. The van der Waals surface area contributed by atoms with Gasteiger partial charge in [-0.05, 0) is 13.0 Å². The summed E-state index contributed by atoms with van der Waals surface area (Å²) in [6, 6.07) is 0. The Morgan fingerprint density at radius 3 is 1.73 bits per heavy atom. The molecule has 0 amide bonds. The summed E-state index contributed by atoms with van der Waals surface area (Å²) < 4.78 is 0.769. The van der Waals surface area contributed by atoms with E-state index in [1.165, 1.54) is 0 Å². The van der Waals surface area contributed by atoms with Crippen LogP contribution in [0.4, 0.5) is 0 Å². The maximum absolute atomic E-state index is 4.69. The maximum atomic E-state index is 4.69. The molecule has 0 atom stereocenters. The third kappa shape index (κ3) is 6.61. The minimum Gasteiger partial charge on any atom is -0.328 e. The summed E-state index contributed by atoms with van der Waals surface area (Å²) in [5.74, 6) is 0.685. The molecule has 6 heteroatoms. The summed E-state index contributed by atoms with van der Waals surface area (Å²) in [7, 11) is 0. The summed E-state index contributed by atoms with van der Waals surface area (Å²) in [4.78, 5) is 0. The lowest BCUT2D eigenvalue weighted by Crippen LogP contribution is -2.29. The van der Waals surface area contributed by atoms with Crippen LogP contribution in [0.15, 0.2) is 11.9 Å². The van der Waals surface area contributed by atoms with Gasteiger partial charge in [-0.2, -0.15) is 0 Å². The average molecular weight is 224 g/mol. The van der Waals surface area contributed by atoms with Gasteiger partial charge >= 0.3 is 0 Å². The van der Waals surface area contributed by atoms with Crippen LogP contribution in [-0.2, 0) is 0 Å². The number of hydrogen-bond acceptors (Lipinski definition) is 2. The molecule has 0 aliphatic heterocycles. The van der Waals surface area contributed by atoms with Crippen molar-refractivity contribution in [2.45, 2.75) is 6.92 Å². The fourth-order valence-electron chi connectivity index (χ4n) is 0.406. The third-order valence-electron chi connectivity index (χ3n) is 0.772. The molecule has 11 heavy (non-hydrogen) atoms. The van der Waals surface area contributed by atoms with Crippen LogP contribution in [0, 0.1) is 0 Å². The third-order valence-corrected chi connectivity index (χ3v) is 1.20. The largest absolute Gasteiger partial charge is 0.328 e. The van der Waals surface area contributed by atoms with E-state index in [4.69, 9.17) is 24.4 Å². The van der Waals surface area contributed by atoms with Gasteiger partial charge in [0.05, 0.1) is 0 Å². The van der Waals surface area contributed by atoms with Gasteiger partial charge in [0.15, 0.2) is 0 Å². The Balaban J connectivity index is 3.99. The molecule has 0 rings (SSSR count). The molecule has 0 radical (unpaired) electrons. The molecule has 0 aromatic carbocycles. The van der Waals surface area contributed by atoms with Crippen molar-refractivity contribution in [1.29, 1.82) is 0 Å². The minimum absolute atomic E-state index is 0.384. The van der Waals surface area contributed by atoms with E-state index < -0.39 is 0 Å². The van der Waals surface area contributed by atoms with Gasteiger partial charge in [-0.25, -0.2) is 0 Å². The van der Waals surface area contributed by atoms with E-state index in [1.807, 2.05) is 6.92 Å². The van der Waals surface area contributed by atoms with Gasteiger partial charge in [-0.3, -0.25) is 0 Å². The van der Waals surface area contributed by atoms with Crippen molar-refractivity contribution >= 4 is 58.3 Å². The highest BCUT2D eigenvalue weighted by atomic mass is 32.1. The Labute approximate surface area is 87.6 Å². The Morgan fingerprint density at radius 2 is 1.55 bits per heavy atom. The second-order valence-electron chi connectivity index (χ2n) is 1.56. The molecule has 62 valence electrons. The molecule has 0 aliphatic rings. The lowest BCUT2D eigenvalue weighted by molar-refractivity contribution is 1.01. The monoisotopic (exact) mass is 224 g/mol. The van der Waals surface area contributed by atoms with Crippen LogP contribution in [0.1, 0.15) is 6.92 Å². The normalized spacial score (nSPS) is 8.27. The molecule has 0 aromatic rings. The van der Waals surface area contributed by atoms with E-state index in [1.54, 1.807) is 6.08 Å². The standard InChI is InChI=1S/C5H8N2S4/c1-2-3(6-4(8)9)7-5(10)11/h2H,1H3,(H2,6,8,9)(H2,7,10,11). The first-order valence-corrected chi connectivity index (χ1v) is 4.43. The summed E-state index contributed by atoms with van der Waals surface area (Å²) >= 11 is 17.2. The predicted octanol–water partition coefficient (Wildman–Crippen LogP) is 1.46. The topological polar surface area (TPSA) is 24.1 Å². The van der Waals surface area contributed by atoms with Crippen molar-refractivity contribution in [3.8, 4) is 0 Å². The van der Waals surface area contributed by atoms with Crippen molar-refractivity contribution < 1.29 is 0 Å². The number of nitrogens with one attached hydrogen (secondary N) is 2. The minimum atomic E-state index is 0.384. The SMILES string of the molecule is CC=C(NC(=S)S)NC(=S)S. The van der Waals surface area contributed by atoms with Crippen LogP contribution in [0.2, 0.25) is 0 Å². The van der Waals surface area contributed by atoms with Gasteiger partial charge in [0.2, 0.25) is 0 Å². The summed E-state index contributed by atoms with van der Waals surface area (Å²) in [5.41, 5.74) is 0. The Kier molecular flexibility index (Phi) is 5.93. The number of thiol groups is 2. The average Bonchev–Trinajstić information content (AvgIpc) is 1.84. The van der Waals surface area contributed by atoms with Gasteiger partial charge < -0.3 is 10.6 Å². The van der Waals surface area contributed by atoms with Crippen LogP contribution in [-0.4, -0.2) is 8.64 Å². The molecule has 0 aliphatic carbocycles. The quantitative estimate of drug-likeness (QED) is 0.421. The zero-order valence-electron chi connectivity index (χ0n) is 5.79. The highest BCUT2D eigenvalue weighted by Gasteiger charge is 1.95. The van der Waals surface area contributed by atoms with Gasteiger partial charge in [-0.15, -0.1) is 25.3 Å². The van der Waals surface area contributed by atoms with Crippen LogP contribution in [0.5, 0.6) is 0 Å². The lowest BCUT2D eigenvalue weighted by Gasteiger charge is -2.08. The van der Waals surface area contributed by atoms with E-state index >= 15 is 0 Å². The number of hydrogen-bond donors (Lipinski definition) is 4. The molecule has 2 N–H and O–H groups in total. The van der Waals surface area contributed by atoms with E-state index in [0.29, 0.717) is 14.5 Å². The van der Waals surface area contributed by atoms with Crippen molar-refractivity contribution in [1.82, 2.24) is 10.6 Å². The van der Waals surface area contributed by atoms with Crippen molar-refractivity contribution in [2.75, 3.05) is 0 Å². The molecule has 0 unspecified atom stereocenters. The van der Waals surface area contributed by atoms with E-state index in [9.17, 15) is 0 Å². The maximum Gasteiger partial charge on any atom is 0.136 e. The molecule has 0 aromatic heterocycles. The van der Waals surface area contributed by atoms with Gasteiger partial charge in [0, 0.05) is 0 Å². The first-order valence-electron chi connectivity index (χ1n) is 2.72. The number of thiocarbonyl (C=S) groups is 2. The van der Waals surface area contributed by atoms with Crippen molar-refractivity contribution in [3.05, 3.63) is 11.9 Å². The summed E-state index contributed by atoms with van der Waals surface area (Å²) in [6.07, 6.45) is 1.78. The molecule has 0 saturated carbocycles. The second-order valence-corrected chi connectivity index (χ2v) is 3.88. The molecule has 2 nitrogen and oxygen atoms in total. The molecular weight excluding hydrogens is 216 g/mol. The van der Waals surface area contributed by atoms with Gasteiger partial charge in [0.25, 0.3) is 0 Å². The smallest absolute Gasteiger partial charge is 0.136 e. The molecular formula is C5H8N2S4. The van der Waals surface area contributed by atoms with Gasteiger partial charge in [-0.1, -0.05) is 24.4 Å².